The van der Waals surface area contributed by atoms with Crippen molar-refractivity contribution in [3.63, 3.8) is 0 Å². The van der Waals surface area contributed by atoms with Crippen molar-refractivity contribution < 1.29 is 14.0 Å². The number of benzene rings is 1. The van der Waals surface area contributed by atoms with Gasteiger partial charge in [0.05, 0.1) is 10.6 Å². The lowest BCUT2D eigenvalue weighted by Crippen LogP contribution is -2.38. The molecule has 2 aromatic heterocycles. The number of H-pyrrole nitrogens is 1. The third-order valence-corrected chi connectivity index (χ3v) is 6.87. The van der Waals surface area contributed by atoms with Crippen molar-refractivity contribution in [1.29, 1.82) is 0 Å². The molecule has 1 aromatic carbocycles. The summed E-state index contributed by atoms with van der Waals surface area (Å²) in [6.45, 7) is 5.17. The number of hydrogen-bond acceptors (Lipinski definition) is 4. The number of carbonyl (C=O) groups excluding carboxylic acids is 2. The third-order valence-electron chi connectivity index (χ3n) is 6.11. The average molecular weight is 522 g/mol. The molecule has 4 rings (SSSR count). The molecule has 0 aliphatic carbocycles. The van der Waals surface area contributed by atoms with Crippen LogP contribution in [0.5, 0.6) is 0 Å². The number of carbonyl (C=O) groups is 2. The van der Waals surface area contributed by atoms with E-state index in [1.54, 1.807) is 21.4 Å². The highest BCUT2D eigenvalue weighted by molar-refractivity contribution is 6.42. The average Bonchev–Trinajstić information content (AvgIpc) is 2.98. The van der Waals surface area contributed by atoms with Crippen molar-refractivity contribution in [2.24, 2.45) is 0 Å². The van der Waals surface area contributed by atoms with Crippen molar-refractivity contribution in [1.82, 2.24) is 24.5 Å². The fraction of sp³-hybridized carbons (Fsp3) is 0.375. The highest BCUT2D eigenvalue weighted by atomic mass is 35.5. The summed E-state index contributed by atoms with van der Waals surface area (Å²) in [5, 5.41) is 3.25. The Balaban J connectivity index is 1.51. The summed E-state index contributed by atoms with van der Waals surface area (Å²) < 4.78 is 16.3. The van der Waals surface area contributed by atoms with Crippen LogP contribution in [0.3, 0.4) is 0 Å². The summed E-state index contributed by atoms with van der Waals surface area (Å²) in [6.07, 6.45) is 2.59. The van der Waals surface area contributed by atoms with Crippen LogP contribution in [0.2, 0.25) is 10.2 Å². The number of nitrogens with zero attached hydrogens (tertiary/aromatic N) is 3. The lowest BCUT2D eigenvalue weighted by molar-refractivity contribution is -0.119. The first kappa shape index (κ1) is 25.2. The number of aromatic amines is 1. The molecule has 2 amide bonds. The van der Waals surface area contributed by atoms with E-state index in [0.29, 0.717) is 55.9 Å². The second-order valence-corrected chi connectivity index (χ2v) is 9.34. The van der Waals surface area contributed by atoms with Crippen LogP contribution < -0.4 is 10.9 Å². The molecular weight excluding hydrogens is 496 g/mol. The zero-order chi connectivity index (χ0) is 25.1. The summed E-state index contributed by atoms with van der Waals surface area (Å²) in [4.78, 5) is 43.0. The first-order chi connectivity index (χ1) is 16.7. The monoisotopic (exact) mass is 521 g/mol. The minimum atomic E-state index is -0.584. The van der Waals surface area contributed by atoms with Crippen LogP contribution in [0.1, 0.15) is 35.0 Å². The molecule has 1 aliphatic rings. The molecule has 0 saturated carbocycles. The van der Waals surface area contributed by atoms with Crippen molar-refractivity contribution in [2.45, 2.75) is 19.8 Å². The number of aromatic nitrogens is 2. The fourth-order valence-electron chi connectivity index (χ4n) is 4.34. The zero-order valence-electron chi connectivity index (χ0n) is 19.2. The molecular formula is C24H26Cl2FN5O3. The number of halogens is 3. The van der Waals surface area contributed by atoms with Crippen LogP contribution in [0.15, 0.2) is 35.3 Å². The van der Waals surface area contributed by atoms with Crippen LogP contribution >= 0.6 is 23.2 Å². The van der Waals surface area contributed by atoms with Gasteiger partial charge in [0.25, 0.3) is 11.5 Å². The Morgan fingerprint density at radius 2 is 1.94 bits per heavy atom. The smallest absolute Gasteiger partial charge is 0.272 e. The number of hydrogen-bond donors (Lipinski definition) is 2. The molecule has 35 heavy (non-hydrogen) atoms. The van der Waals surface area contributed by atoms with E-state index in [1.165, 1.54) is 25.3 Å². The van der Waals surface area contributed by atoms with Gasteiger partial charge in [-0.2, -0.15) is 0 Å². The number of fused-ring (bicyclic) bond motifs is 1. The molecule has 3 heterocycles. The lowest BCUT2D eigenvalue weighted by Gasteiger charge is -2.22. The van der Waals surface area contributed by atoms with Gasteiger partial charge in [0, 0.05) is 58.0 Å². The Morgan fingerprint density at radius 3 is 2.71 bits per heavy atom. The van der Waals surface area contributed by atoms with Crippen molar-refractivity contribution in [3.05, 3.63) is 73.6 Å². The van der Waals surface area contributed by atoms with Crippen LogP contribution in [0.25, 0.3) is 5.52 Å². The van der Waals surface area contributed by atoms with E-state index in [2.05, 4.69) is 15.2 Å². The minimum Gasteiger partial charge on any atom is -0.355 e. The number of rotatable bonds is 6. The van der Waals surface area contributed by atoms with Gasteiger partial charge in [0.2, 0.25) is 5.91 Å². The van der Waals surface area contributed by atoms with E-state index in [9.17, 15) is 18.8 Å². The number of amides is 2. The van der Waals surface area contributed by atoms with E-state index < -0.39 is 5.82 Å². The molecule has 1 aliphatic heterocycles. The van der Waals surface area contributed by atoms with Crippen molar-refractivity contribution >= 4 is 40.5 Å². The molecule has 3 aromatic rings. The van der Waals surface area contributed by atoms with Gasteiger partial charge in [-0.05, 0) is 36.7 Å². The Hall–Kier alpha value is -2.88. The molecule has 0 atom stereocenters. The van der Waals surface area contributed by atoms with Crippen LogP contribution in [0, 0.1) is 5.82 Å². The summed E-state index contributed by atoms with van der Waals surface area (Å²) in [7, 11) is 0. The molecule has 0 bridgehead atoms. The lowest BCUT2D eigenvalue weighted by atomic mass is 10.0. The van der Waals surface area contributed by atoms with Gasteiger partial charge >= 0.3 is 0 Å². The predicted molar refractivity (Wildman–Crippen MR) is 133 cm³/mol. The predicted octanol–water partition coefficient (Wildman–Crippen LogP) is 2.95. The fourth-order valence-corrected chi connectivity index (χ4v) is 4.78. The second-order valence-electron chi connectivity index (χ2n) is 8.57. The first-order valence-corrected chi connectivity index (χ1v) is 12.1. The minimum absolute atomic E-state index is 0.00602. The first-order valence-electron chi connectivity index (χ1n) is 11.4. The van der Waals surface area contributed by atoms with Gasteiger partial charge < -0.3 is 15.2 Å². The molecule has 186 valence electrons. The summed E-state index contributed by atoms with van der Waals surface area (Å²) in [5.41, 5.74) is 1.32. The third kappa shape index (κ3) is 5.69. The summed E-state index contributed by atoms with van der Waals surface area (Å²) in [5.74, 6) is -1.02. The van der Waals surface area contributed by atoms with E-state index in [-0.39, 0.29) is 33.1 Å². The van der Waals surface area contributed by atoms with E-state index in [1.807, 2.05) is 0 Å². The van der Waals surface area contributed by atoms with Crippen LogP contribution in [-0.2, 0) is 11.2 Å². The molecule has 0 radical (unpaired) electrons. The maximum atomic E-state index is 14.7. The Morgan fingerprint density at radius 1 is 1.14 bits per heavy atom. The molecule has 0 spiro atoms. The van der Waals surface area contributed by atoms with E-state index >= 15 is 0 Å². The Bertz CT molecular complexity index is 1320. The van der Waals surface area contributed by atoms with Gasteiger partial charge in [0.1, 0.15) is 16.5 Å². The maximum Gasteiger partial charge on any atom is 0.272 e. The topological polar surface area (TPSA) is 89.9 Å². The molecule has 0 unspecified atom stereocenters. The van der Waals surface area contributed by atoms with Crippen LogP contribution in [-0.4, -0.2) is 70.3 Å². The Kier molecular flexibility index (Phi) is 7.78. The normalized spacial score (nSPS) is 14.8. The van der Waals surface area contributed by atoms with Gasteiger partial charge in [0.15, 0.2) is 0 Å². The van der Waals surface area contributed by atoms with Crippen molar-refractivity contribution in [3.8, 4) is 0 Å². The van der Waals surface area contributed by atoms with Gasteiger partial charge in [-0.1, -0.05) is 29.3 Å². The van der Waals surface area contributed by atoms with Gasteiger partial charge in [-0.3, -0.25) is 23.7 Å². The van der Waals surface area contributed by atoms with Gasteiger partial charge in [-0.25, -0.2) is 4.39 Å². The van der Waals surface area contributed by atoms with Gasteiger partial charge in [-0.15, -0.1) is 0 Å². The van der Waals surface area contributed by atoms with E-state index in [0.717, 1.165) is 13.0 Å². The van der Waals surface area contributed by atoms with Crippen molar-refractivity contribution in [2.75, 3.05) is 39.3 Å². The molecule has 8 nitrogen and oxygen atoms in total. The number of nitrogens with one attached hydrogen (secondary N) is 2. The highest BCUT2D eigenvalue weighted by Crippen LogP contribution is 2.27. The SMILES string of the molecule is CC(=O)NCCN1CCCN(C(=O)c2cc(Cc3c[nH]c(=O)c4cc(Cl)c(Cl)n34)ccc2F)CC1. The summed E-state index contributed by atoms with van der Waals surface area (Å²) in [6, 6.07) is 5.93. The standard InChI is InChI=1S/C24H26Cl2FN5O3/c1-15(33)28-5-8-30-6-2-7-31(10-9-30)24(35)18-12-16(3-4-20(18)27)11-17-14-29-23(34)21-13-19(25)22(26)32(17)21/h3-4,12-14H,2,5-11H2,1H3,(H,28,33)(H,29,34). The van der Waals surface area contributed by atoms with E-state index in [4.69, 9.17) is 23.2 Å². The Labute approximate surface area is 211 Å². The molecule has 1 fully saturated rings. The second kappa shape index (κ2) is 10.8. The maximum absolute atomic E-state index is 14.7. The highest BCUT2D eigenvalue weighted by Gasteiger charge is 2.23. The largest absolute Gasteiger partial charge is 0.355 e. The zero-order valence-corrected chi connectivity index (χ0v) is 20.8. The molecule has 11 heteroatoms. The molecule has 2 N–H and O–H groups in total. The summed E-state index contributed by atoms with van der Waals surface area (Å²) >= 11 is 12.4. The van der Waals surface area contributed by atoms with Crippen LogP contribution in [0.4, 0.5) is 4.39 Å². The quantitative estimate of drug-likeness (QED) is 0.521. The molecule has 1 saturated heterocycles.